The summed E-state index contributed by atoms with van der Waals surface area (Å²) in [6, 6.07) is 0. The number of carbonyl (C=O) groups is 1. The van der Waals surface area contributed by atoms with Gasteiger partial charge in [-0.05, 0) is 38.2 Å². The maximum Gasteiger partial charge on any atom is 0.305 e. The van der Waals surface area contributed by atoms with Gasteiger partial charge in [0, 0.05) is 12.8 Å². The largest absolute Gasteiger partial charge is 0.469 e. The predicted molar refractivity (Wildman–Crippen MR) is 93.9 cm³/mol. The smallest absolute Gasteiger partial charge is 0.305 e. The molecule has 0 saturated heterocycles. The molecule has 0 atom stereocenters. The normalized spacial score (nSPS) is 12.2. The molecule has 0 spiro atoms. The van der Waals surface area contributed by atoms with E-state index in [1.54, 1.807) is 0 Å². The summed E-state index contributed by atoms with van der Waals surface area (Å²) in [4.78, 5) is 15.3. The molecule has 0 unspecified atom stereocenters. The summed E-state index contributed by atoms with van der Waals surface area (Å²) in [7, 11) is 1.43. The number of carbonyl (C=O) groups excluding carboxylic acids is 1. The second-order valence-corrected chi connectivity index (χ2v) is 5.44. The van der Waals surface area contributed by atoms with Crippen LogP contribution in [-0.4, -0.2) is 18.3 Å². The molecule has 1 N–H and O–H groups in total. The Balaban J connectivity index is 3.56. The van der Waals surface area contributed by atoms with E-state index in [-0.39, 0.29) is 5.97 Å². The maximum absolute atomic E-state index is 10.9. The zero-order valence-electron chi connectivity index (χ0n) is 14.6. The Morgan fingerprint density at radius 2 is 1.74 bits per heavy atom. The Labute approximate surface area is 140 Å². The van der Waals surface area contributed by atoms with Crippen molar-refractivity contribution in [2.24, 2.45) is 0 Å². The molecule has 0 aliphatic rings. The minimum atomic E-state index is -0.114. The lowest BCUT2D eigenvalue weighted by Crippen LogP contribution is -1.98. The minimum absolute atomic E-state index is 0.114. The molecule has 132 valence electrons. The summed E-state index contributed by atoms with van der Waals surface area (Å²) in [5, 5.41) is 8.76. The van der Waals surface area contributed by atoms with Crippen molar-refractivity contribution in [2.45, 2.75) is 71.1 Å². The molecule has 0 saturated carbocycles. The molecule has 0 amide bonds. The summed E-state index contributed by atoms with van der Waals surface area (Å²) in [6.45, 7) is 2.07. The molecule has 4 nitrogen and oxygen atoms in total. The fourth-order valence-corrected chi connectivity index (χ4v) is 2.10. The standard InChI is InChI=1S/C19H32O4/c1-3-4-12-15-18(23-21)16-13-10-8-6-5-7-9-11-14-17-19(20)22-2/h4,8,10,12,16,21H,3,5-7,9,11,13-15,17H2,1-2H3/b10-8-,12-4-,18-16+. The van der Waals surface area contributed by atoms with E-state index in [2.05, 4.69) is 28.7 Å². The first-order chi connectivity index (χ1) is 11.2. The molecule has 0 aromatic carbocycles. The van der Waals surface area contributed by atoms with Crippen molar-refractivity contribution in [3.05, 3.63) is 36.1 Å². The third-order valence-electron chi connectivity index (χ3n) is 3.47. The second-order valence-electron chi connectivity index (χ2n) is 5.44. The van der Waals surface area contributed by atoms with Gasteiger partial charge >= 0.3 is 5.97 Å². The molecule has 0 heterocycles. The van der Waals surface area contributed by atoms with Gasteiger partial charge in [0.25, 0.3) is 0 Å². The van der Waals surface area contributed by atoms with E-state index >= 15 is 0 Å². The van der Waals surface area contributed by atoms with Crippen LogP contribution >= 0.6 is 0 Å². The molecule has 0 aromatic heterocycles. The molecule has 4 heteroatoms. The molecule has 0 aliphatic carbocycles. The van der Waals surface area contributed by atoms with Crippen LogP contribution in [-0.2, 0) is 14.4 Å². The lowest BCUT2D eigenvalue weighted by Gasteiger charge is -2.00. The zero-order valence-corrected chi connectivity index (χ0v) is 14.6. The highest BCUT2D eigenvalue weighted by molar-refractivity contribution is 5.68. The van der Waals surface area contributed by atoms with Crippen LogP contribution in [0.4, 0.5) is 0 Å². The zero-order chi connectivity index (χ0) is 17.2. The van der Waals surface area contributed by atoms with E-state index < -0.39 is 0 Å². The number of esters is 1. The summed E-state index contributed by atoms with van der Waals surface area (Å²) in [6.07, 6.45) is 19.7. The Kier molecular flexibility index (Phi) is 15.7. The van der Waals surface area contributed by atoms with Gasteiger partial charge in [-0.25, -0.2) is 5.26 Å². The molecular formula is C19H32O4. The first kappa shape index (κ1) is 21.4. The Bertz CT molecular complexity index is 370. The quantitative estimate of drug-likeness (QED) is 0.113. The predicted octanol–water partition coefficient (Wildman–Crippen LogP) is 5.57. The van der Waals surface area contributed by atoms with Crippen molar-refractivity contribution >= 4 is 5.97 Å². The highest BCUT2D eigenvalue weighted by atomic mass is 17.1. The van der Waals surface area contributed by atoms with E-state index in [1.807, 2.05) is 18.2 Å². The number of rotatable bonds is 14. The minimum Gasteiger partial charge on any atom is -0.469 e. The van der Waals surface area contributed by atoms with Crippen LogP contribution in [0.2, 0.25) is 0 Å². The number of unbranched alkanes of at least 4 members (excludes halogenated alkanes) is 5. The highest BCUT2D eigenvalue weighted by Gasteiger charge is 1.98. The van der Waals surface area contributed by atoms with E-state index in [1.165, 1.54) is 20.0 Å². The van der Waals surface area contributed by atoms with Crippen molar-refractivity contribution in [3.63, 3.8) is 0 Å². The third kappa shape index (κ3) is 15.1. The van der Waals surface area contributed by atoms with Gasteiger partial charge in [0.2, 0.25) is 0 Å². The van der Waals surface area contributed by atoms with Crippen LogP contribution < -0.4 is 0 Å². The lowest BCUT2D eigenvalue weighted by atomic mass is 10.1. The number of hydrogen-bond acceptors (Lipinski definition) is 4. The van der Waals surface area contributed by atoms with Crippen molar-refractivity contribution in [2.75, 3.05) is 7.11 Å². The topological polar surface area (TPSA) is 55.8 Å². The molecule has 23 heavy (non-hydrogen) atoms. The van der Waals surface area contributed by atoms with Gasteiger partial charge in [0.05, 0.1) is 7.11 Å². The SMILES string of the molecule is CC/C=C\C/C(=C\C/C=C\CCCCCCCC(=O)OC)OO. The first-order valence-electron chi connectivity index (χ1n) is 8.61. The lowest BCUT2D eigenvalue weighted by molar-refractivity contribution is -0.204. The van der Waals surface area contributed by atoms with Crippen molar-refractivity contribution in [1.29, 1.82) is 0 Å². The average molecular weight is 324 g/mol. The monoisotopic (exact) mass is 324 g/mol. The van der Waals surface area contributed by atoms with Crippen LogP contribution in [0.15, 0.2) is 36.1 Å². The number of allylic oxidation sites excluding steroid dienone is 5. The molecule has 0 fully saturated rings. The van der Waals surface area contributed by atoms with Crippen molar-refractivity contribution in [3.8, 4) is 0 Å². The highest BCUT2D eigenvalue weighted by Crippen LogP contribution is 2.09. The maximum atomic E-state index is 10.9. The molecular weight excluding hydrogens is 292 g/mol. The van der Waals surface area contributed by atoms with Crippen molar-refractivity contribution in [1.82, 2.24) is 0 Å². The van der Waals surface area contributed by atoms with Crippen LogP contribution in [0.5, 0.6) is 0 Å². The van der Waals surface area contributed by atoms with E-state index in [9.17, 15) is 4.79 Å². The number of hydrogen-bond donors (Lipinski definition) is 1. The van der Waals surface area contributed by atoms with E-state index in [0.717, 1.165) is 38.5 Å². The fourth-order valence-electron chi connectivity index (χ4n) is 2.10. The van der Waals surface area contributed by atoms with Crippen LogP contribution in [0, 0.1) is 0 Å². The Morgan fingerprint density at radius 1 is 1.00 bits per heavy atom. The second kappa shape index (κ2) is 16.8. The van der Waals surface area contributed by atoms with Crippen LogP contribution in [0.25, 0.3) is 0 Å². The number of ether oxygens (including phenoxy) is 1. The molecule has 0 aromatic rings. The Hall–Kier alpha value is -1.55. The van der Waals surface area contributed by atoms with E-state index in [4.69, 9.17) is 5.26 Å². The summed E-state index contributed by atoms with van der Waals surface area (Å²) < 4.78 is 4.60. The van der Waals surface area contributed by atoms with Crippen molar-refractivity contribution < 1.29 is 19.7 Å². The van der Waals surface area contributed by atoms with Gasteiger partial charge < -0.3 is 9.62 Å². The van der Waals surface area contributed by atoms with Gasteiger partial charge in [-0.1, -0.05) is 50.5 Å². The molecule has 0 rings (SSSR count). The molecule has 0 aliphatic heterocycles. The fraction of sp³-hybridized carbons (Fsp3) is 0.632. The summed E-state index contributed by atoms with van der Waals surface area (Å²) >= 11 is 0. The molecule has 0 bridgehead atoms. The van der Waals surface area contributed by atoms with Crippen LogP contribution in [0.3, 0.4) is 0 Å². The van der Waals surface area contributed by atoms with Crippen LogP contribution in [0.1, 0.15) is 71.1 Å². The molecule has 0 radical (unpaired) electrons. The average Bonchev–Trinajstić information content (AvgIpc) is 2.57. The number of methoxy groups -OCH3 is 1. The third-order valence-corrected chi connectivity index (χ3v) is 3.47. The summed E-state index contributed by atoms with van der Waals surface area (Å²) in [5.41, 5.74) is 0. The van der Waals surface area contributed by atoms with Gasteiger partial charge in [-0.15, -0.1) is 0 Å². The Morgan fingerprint density at radius 3 is 2.43 bits per heavy atom. The van der Waals surface area contributed by atoms with Gasteiger partial charge in [0.1, 0.15) is 5.76 Å². The van der Waals surface area contributed by atoms with Gasteiger partial charge in [0.15, 0.2) is 0 Å². The van der Waals surface area contributed by atoms with E-state index in [0.29, 0.717) is 18.6 Å². The van der Waals surface area contributed by atoms with Gasteiger partial charge in [-0.2, -0.15) is 0 Å². The first-order valence-corrected chi connectivity index (χ1v) is 8.61. The summed E-state index contributed by atoms with van der Waals surface area (Å²) in [5.74, 6) is 0.474. The van der Waals surface area contributed by atoms with Gasteiger partial charge in [-0.3, -0.25) is 4.79 Å².